The third-order valence-electron chi connectivity index (χ3n) is 5.33. The van der Waals surface area contributed by atoms with Gasteiger partial charge in [-0.25, -0.2) is 4.98 Å². The van der Waals surface area contributed by atoms with Gasteiger partial charge in [0, 0.05) is 39.5 Å². The highest BCUT2D eigenvalue weighted by molar-refractivity contribution is 5.80. The molecule has 2 aliphatic heterocycles. The summed E-state index contributed by atoms with van der Waals surface area (Å²) in [5.41, 5.74) is -0.757. The number of halogens is 3. The number of carbonyl (C=O) groups excluding carboxylic acids is 1. The van der Waals surface area contributed by atoms with Crippen molar-refractivity contribution in [3.63, 3.8) is 0 Å². The molecule has 2 fully saturated rings. The fourth-order valence-electron chi connectivity index (χ4n) is 3.91. The Morgan fingerprint density at radius 3 is 2.96 bits per heavy atom. The number of aromatic nitrogens is 1. The molecule has 1 amide bonds. The van der Waals surface area contributed by atoms with Crippen LogP contribution in [0.25, 0.3) is 0 Å². The van der Waals surface area contributed by atoms with Gasteiger partial charge in [0.05, 0.1) is 30.7 Å². The van der Waals surface area contributed by atoms with Crippen molar-refractivity contribution >= 4 is 11.7 Å². The van der Waals surface area contributed by atoms with E-state index in [-0.39, 0.29) is 30.2 Å². The van der Waals surface area contributed by atoms with E-state index in [0.717, 1.165) is 6.07 Å². The Hall–Kier alpha value is -1.87. The number of amides is 1. The first kappa shape index (κ1) is 20.9. The first-order valence-corrected chi connectivity index (χ1v) is 9.56. The molecular formula is C19H26F3N3O3. The number of ether oxygens (including phenoxy) is 2. The van der Waals surface area contributed by atoms with E-state index in [9.17, 15) is 18.0 Å². The van der Waals surface area contributed by atoms with Crippen LogP contribution in [0.2, 0.25) is 0 Å². The van der Waals surface area contributed by atoms with Crippen LogP contribution < -0.4 is 4.90 Å². The van der Waals surface area contributed by atoms with Gasteiger partial charge in [0.2, 0.25) is 5.91 Å². The summed E-state index contributed by atoms with van der Waals surface area (Å²) in [4.78, 5) is 20.5. The fourth-order valence-corrected chi connectivity index (χ4v) is 3.91. The summed E-state index contributed by atoms with van der Waals surface area (Å²) in [7, 11) is 1.61. The number of rotatable bonds is 5. The molecule has 0 radical (unpaired) electrons. The van der Waals surface area contributed by atoms with Crippen LogP contribution in [0.15, 0.2) is 18.3 Å². The summed E-state index contributed by atoms with van der Waals surface area (Å²) in [5, 5.41) is 0. The lowest BCUT2D eigenvalue weighted by Gasteiger charge is -2.40. The third kappa shape index (κ3) is 4.75. The monoisotopic (exact) mass is 401 g/mol. The number of alkyl halides is 3. The van der Waals surface area contributed by atoms with Crippen LogP contribution in [-0.4, -0.2) is 68.4 Å². The van der Waals surface area contributed by atoms with Gasteiger partial charge in [-0.2, -0.15) is 13.2 Å². The second-order valence-corrected chi connectivity index (χ2v) is 7.20. The second kappa shape index (κ2) is 9.09. The molecule has 9 heteroatoms. The zero-order valence-electron chi connectivity index (χ0n) is 16.0. The average Bonchev–Trinajstić information content (AvgIpc) is 2.71. The standard InChI is InChI=1S/C19H26F3N3O3/c1-27-10-6-15-13-28-11-9-25(15)18(26)14-4-3-8-24(12-14)17-16(19(20,21)22)5-2-7-23-17/h2,5,7,14-15H,3-4,6,8-13H2,1H3. The predicted octanol–water partition coefficient (Wildman–Crippen LogP) is 2.58. The number of hydrogen-bond acceptors (Lipinski definition) is 5. The van der Waals surface area contributed by atoms with Crippen molar-refractivity contribution in [1.29, 1.82) is 0 Å². The van der Waals surface area contributed by atoms with E-state index in [1.54, 1.807) is 12.0 Å². The third-order valence-corrected chi connectivity index (χ3v) is 5.33. The molecule has 0 N–H and O–H groups in total. The van der Waals surface area contributed by atoms with Crippen molar-refractivity contribution in [2.75, 3.05) is 51.5 Å². The molecule has 1 aromatic rings. The van der Waals surface area contributed by atoms with E-state index in [0.29, 0.717) is 52.2 Å². The van der Waals surface area contributed by atoms with E-state index in [4.69, 9.17) is 9.47 Å². The molecule has 156 valence electrons. The number of piperidine rings is 1. The Morgan fingerprint density at radius 2 is 2.21 bits per heavy atom. The van der Waals surface area contributed by atoms with Crippen LogP contribution in [-0.2, 0) is 20.4 Å². The van der Waals surface area contributed by atoms with Crippen molar-refractivity contribution in [1.82, 2.24) is 9.88 Å². The van der Waals surface area contributed by atoms with Crippen molar-refractivity contribution in [2.45, 2.75) is 31.5 Å². The van der Waals surface area contributed by atoms with Gasteiger partial charge in [0.1, 0.15) is 5.82 Å². The van der Waals surface area contributed by atoms with Crippen LogP contribution in [0.3, 0.4) is 0 Å². The van der Waals surface area contributed by atoms with Gasteiger partial charge >= 0.3 is 6.18 Å². The largest absolute Gasteiger partial charge is 0.419 e. The van der Waals surface area contributed by atoms with Crippen molar-refractivity contribution in [3.8, 4) is 0 Å². The maximum Gasteiger partial charge on any atom is 0.419 e. The molecule has 2 atom stereocenters. The van der Waals surface area contributed by atoms with Crippen LogP contribution in [0, 0.1) is 5.92 Å². The zero-order valence-corrected chi connectivity index (χ0v) is 16.0. The van der Waals surface area contributed by atoms with Gasteiger partial charge < -0.3 is 19.3 Å². The number of nitrogens with zero attached hydrogens (tertiary/aromatic N) is 3. The molecule has 3 heterocycles. The first-order chi connectivity index (χ1) is 13.4. The van der Waals surface area contributed by atoms with Gasteiger partial charge in [-0.15, -0.1) is 0 Å². The molecule has 0 saturated carbocycles. The molecule has 2 aliphatic rings. The summed E-state index contributed by atoms with van der Waals surface area (Å²) < 4.78 is 50.7. The Kier molecular flexibility index (Phi) is 6.77. The summed E-state index contributed by atoms with van der Waals surface area (Å²) in [6.07, 6.45) is -1.12. The average molecular weight is 401 g/mol. The quantitative estimate of drug-likeness (QED) is 0.759. The van der Waals surface area contributed by atoms with E-state index in [1.165, 1.54) is 12.3 Å². The minimum atomic E-state index is -4.48. The van der Waals surface area contributed by atoms with E-state index in [1.807, 2.05) is 4.90 Å². The van der Waals surface area contributed by atoms with Crippen LogP contribution >= 0.6 is 0 Å². The highest BCUT2D eigenvalue weighted by atomic mass is 19.4. The van der Waals surface area contributed by atoms with Crippen LogP contribution in [0.4, 0.5) is 19.0 Å². The normalized spacial score (nSPS) is 23.7. The van der Waals surface area contributed by atoms with Gasteiger partial charge in [0.15, 0.2) is 0 Å². The van der Waals surface area contributed by atoms with E-state index < -0.39 is 11.7 Å². The Morgan fingerprint density at radius 1 is 1.39 bits per heavy atom. The van der Waals surface area contributed by atoms with Gasteiger partial charge in [-0.05, 0) is 31.4 Å². The van der Waals surface area contributed by atoms with Crippen molar-refractivity contribution in [3.05, 3.63) is 23.9 Å². The maximum absolute atomic E-state index is 13.4. The minimum Gasteiger partial charge on any atom is -0.385 e. The van der Waals surface area contributed by atoms with Crippen molar-refractivity contribution < 1.29 is 27.4 Å². The molecule has 0 spiro atoms. The first-order valence-electron chi connectivity index (χ1n) is 9.56. The number of morpholine rings is 1. The molecule has 2 unspecified atom stereocenters. The lowest BCUT2D eigenvalue weighted by Crippen LogP contribution is -2.53. The molecule has 0 aromatic carbocycles. The van der Waals surface area contributed by atoms with E-state index >= 15 is 0 Å². The number of methoxy groups -OCH3 is 1. The zero-order chi connectivity index (χ0) is 20.1. The van der Waals surface area contributed by atoms with Crippen LogP contribution in [0.1, 0.15) is 24.8 Å². The lowest BCUT2D eigenvalue weighted by molar-refractivity contribution is -0.145. The minimum absolute atomic E-state index is 0.0152. The maximum atomic E-state index is 13.4. The molecule has 28 heavy (non-hydrogen) atoms. The number of pyridine rings is 1. The molecule has 0 bridgehead atoms. The molecule has 0 aliphatic carbocycles. The smallest absolute Gasteiger partial charge is 0.385 e. The molecule has 3 rings (SSSR count). The number of hydrogen-bond donors (Lipinski definition) is 0. The summed E-state index contributed by atoms with van der Waals surface area (Å²) in [6.45, 7) is 2.67. The highest BCUT2D eigenvalue weighted by Crippen LogP contribution is 2.36. The summed E-state index contributed by atoms with van der Waals surface area (Å²) >= 11 is 0. The molecule has 6 nitrogen and oxygen atoms in total. The molecule has 2 saturated heterocycles. The SMILES string of the molecule is COCCC1COCCN1C(=O)C1CCCN(c2ncccc2C(F)(F)F)C1. The van der Waals surface area contributed by atoms with Gasteiger partial charge in [-0.1, -0.05) is 0 Å². The topological polar surface area (TPSA) is 54.9 Å². The highest BCUT2D eigenvalue weighted by Gasteiger charge is 2.39. The fraction of sp³-hybridized carbons (Fsp3) is 0.684. The van der Waals surface area contributed by atoms with E-state index in [2.05, 4.69) is 4.98 Å². The van der Waals surface area contributed by atoms with Gasteiger partial charge in [0.25, 0.3) is 0 Å². The molecular weight excluding hydrogens is 375 g/mol. The lowest BCUT2D eigenvalue weighted by atomic mass is 9.95. The Bertz CT molecular complexity index is 671. The number of anilines is 1. The summed E-state index contributed by atoms with van der Waals surface area (Å²) in [5.74, 6) is -0.455. The Balaban J connectivity index is 1.73. The second-order valence-electron chi connectivity index (χ2n) is 7.20. The van der Waals surface area contributed by atoms with Crippen molar-refractivity contribution in [2.24, 2.45) is 5.92 Å². The van der Waals surface area contributed by atoms with Gasteiger partial charge in [-0.3, -0.25) is 4.79 Å². The Labute approximate surface area is 162 Å². The predicted molar refractivity (Wildman–Crippen MR) is 97.0 cm³/mol. The molecule has 1 aromatic heterocycles. The summed E-state index contributed by atoms with van der Waals surface area (Å²) in [6, 6.07) is 2.26. The number of carbonyl (C=O) groups is 1. The van der Waals surface area contributed by atoms with Crippen LogP contribution in [0.5, 0.6) is 0 Å².